The molecule has 4 heteroatoms. The van der Waals surface area contributed by atoms with Crippen LogP contribution < -0.4 is 15.3 Å². The Morgan fingerprint density at radius 2 is 1.50 bits per heavy atom. The van der Waals surface area contributed by atoms with Crippen molar-refractivity contribution in [2.24, 2.45) is 0 Å². The molecule has 0 radical (unpaired) electrons. The summed E-state index contributed by atoms with van der Waals surface area (Å²) >= 11 is 0. The number of hydrogen-bond acceptors (Lipinski definition) is 4. The van der Waals surface area contributed by atoms with Crippen LogP contribution in [0.3, 0.4) is 0 Å². The molecule has 38 valence electrons. The second-order valence-corrected chi connectivity index (χ2v) is 0.704. The standard InChI is InChI=1S/C2H3O4/c1-6-2(3,4)5/h1H3/q-3. The maximum atomic E-state index is 9.14. The van der Waals surface area contributed by atoms with Crippen molar-refractivity contribution in [1.82, 2.24) is 0 Å². The van der Waals surface area contributed by atoms with E-state index in [9.17, 15) is 0 Å². The molecule has 4 nitrogen and oxygen atoms in total. The largest absolute Gasteiger partial charge is 0.856 e. The second-order valence-electron chi connectivity index (χ2n) is 0.704. The number of ether oxygens (including phenoxy) is 1. The molecule has 0 aliphatic heterocycles. The van der Waals surface area contributed by atoms with Gasteiger partial charge in [0.2, 0.25) is 0 Å². The Labute approximate surface area is 34.6 Å². The summed E-state index contributed by atoms with van der Waals surface area (Å²) < 4.78 is 3.27. The van der Waals surface area contributed by atoms with E-state index in [-0.39, 0.29) is 0 Å². The summed E-state index contributed by atoms with van der Waals surface area (Å²) in [4.78, 5) is 0. The Bertz CT molecular complexity index is 35.3. The van der Waals surface area contributed by atoms with Crippen molar-refractivity contribution in [3.63, 3.8) is 0 Å². The van der Waals surface area contributed by atoms with E-state index in [1.165, 1.54) is 0 Å². The van der Waals surface area contributed by atoms with Crippen LogP contribution in [0.5, 0.6) is 0 Å². The van der Waals surface area contributed by atoms with Gasteiger partial charge in [0, 0.05) is 7.11 Å². The molecule has 0 heterocycles. The fraction of sp³-hybridized carbons (Fsp3) is 1.00. The molecule has 0 spiro atoms. The number of hydrogen-bond donors (Lipinski definition) is 0. The van der Waals surface area contributed by atoms with Crippen molar-refractivity contribution in [3.05, 3.63) is 0 Å². The van der Waals surface area contributed by atoms with Crippen molar-refractivity contribution in [3.8, 4) is 0 Å². The summed E-state index contributed by atoms with van der Waals surface area (Å²) in [7, 11) is 0.771. The Balaban J connectivity index is 3.17. The smallest absolute Gasteiger partial charge is 0.0308 e. The SMILES string of the molecule is COC([O-])([O-])[O-]. The Morgan fingerprint density at radius 1 is 1.33 bits per heavy atom. The van der Waals surface area contributed by atoms with E-state index in [0.29, 0.717) is 0 Å². The molecule has 0 rings (SSSR count). The summed E-state index contributed by atoms with van der Waals surface area (Å²) in [6, 6.07) is 0. The van der Waals surface area contributed by atoms with E-state index in [1.807, 2.05) is 0 Å². The first-order valence-electron chi connectivity index (χ1n) is 1.22. The van der Waals surface area contributed by atoms with Gasteiger partial charge in [-0.15, -0.1) is 0 Å². The van der Waals surface area contributed by atoms with Crippen molar-refractivity contribution in [1.29, 1.82) is 0 Å². The molecule has 0 bridgehead atoms. The van der Waals surface area contributed by atoms with Gasteiger partial charge in [-0.25, -0.2) is 0 Å². The zero-order chi connectivity index (χ0) is 5.21. The van der Waals surface area contributed by atoms with Gasteiger partial charge in [-0.3, -0.25) is 0 Å². The third kappa shape index (κ3) is 3.84. The summed E-state index contributed by atoms with van der Waals surface area (Å²) in [5.74, 6) is 0. The van der Waals surface area contributed by atoms with Gasteiger partial charge in [0.05, 0.1) is 0 Å². The van der Waals surface area contributed by atoms with Crippen LogP contribution in [-0.2, 0) is 4.74 Å². The number of rotatable bonds is 1. The molecule has 0 N–H and O–H groups in total. The van der Waals surface area contributed by atoms with Gasteiger partial charge in [-0.1, -0.05) is 0 Å². The van der Waals surface area contributed by atoms with Gasteiger partial charge in [-0.2, -0.15) is 6.16 Å². The number of methoxy groups -OCH3 is 1. The third-order valence-corrected chi connectivity index (χ3v) is 0.250. The highest BCUT2D eigenvalue weighted by Gasteiger charge is 1.67. The Hall–Kier alpha value is -0.160. The predicted molar refractivity (Wildman–Crippen MR) is 9.74 cm³/mol. The van der Waals surface area contributed by atoms with E-state index in [2.05, 4.69) is 4.74 Å². The van der Waals surface area contributed by atoms with Crippen LogP contribution in [0.15, 0.2) is 0 Å². The molecule has 0 aromatic rings. The van der Waals surface area contributed by atoms with Gasteiger partial charge in [0.25, 0.3) is 0 Å². The fourth-order valence-electron chi connectivity index (χ4n) is 0. The minimum Gasteiger partial charge on any atom is -0.856 e. The fourth-order valence-corrected chi connectivity index (χ4v) is 0. The zero-order valence-electron chi connectivity index (χ0n) is 3.13. The first-order valence-corrected chi connectivity index (χ1v) is 1.22. The predicted octanol–water partition coefficient (Wildman–Crippen LogP) is -3.67. The lowest BCUT2D eigenvalue weighted by molar-refractivity contribution is -0.957. The Kier molecular flexibility index (Phi) is 1.48. The highest BCUT2D eigenvalue weighted by atomic mass is 16.9. The minimum atomic E-state index is -3.71. The molecule has 0 aromatic carbocycles. The van der Waals surface area contributed by atoms with E-state index in [0.717, 1.165) is 7.11 Å². The maximum Gasteiger partial charge on any atom is 0.0308 e. The average molecular weight is 91.0 g/mol. The normalized spacial score (nSPS) is 12.0. The van der Waals surface area contributed by atoms with Crippen LogP contribution in [0.4, 0.5) is 0 Å². The van der Waals surface area contributed by atoms with Crippen molar-refractivity contribution >= 4 is 0 Å². The zero-order valence-corrected chi connectivity index (χ0v) is 3.13. The summed E-state index contributed by atoms with van der Waals surface area (Å²) in [5, 5.41) is 27.4. The van der Waals surface area contributed by atoms with Gasteiger partial charge in [-0.05, 0) is 0 Å². The van der Waals surface area contributed by atoms with Crippen LogP contribution in [0.1, 0.15) is 0 Å². The van der Waals surface area contributed by atoms with Crippen LogP contribution in [0, 0.1) is 0 Å². The lowest BCUT2D eigenvalue weighted by Gasteiger charge is -2.54. The van der Waals surface area contributed by atoms with Crippen LogP contribution >= 0.6 is 0 Å². The van der Waals surface area contributed by atoms with E-state index in [1.54, 1.807) is 0 Å². The lowest BCUT2D eigenvalue weighted by Crippen LogP contribution is -2.67. The van der Waals surface area contributed by atoms with Crippen molar-refractivity contribution < 1.29 is 20.1 Å². The van der Waals surface area contributed by atoms with Gasteiger partial charge in [0.1, 0.15) is 0 Å². The maximum absolute atomic E-state index is 9.14. The van der Waals surface area contributed by atoms with Crippen LogP contribution in [0.25, 0.3) is 0 Å². The second kappa shape index (κ2) is 1.53. The molecule has 0 aliphatic carbocycles. The highest BCUT2D eigenvalue weighted by Crippen LogP contribution is 1.67. The van der Waals surface area contributed by atoms with Gasteiger partial charge >= 0.3 is 0 Å². The average Bonchev–Trinajstić information content (AvgIpc) is 1.35. The molecule has 0 saturated heterocycles. The third-order valence-electron chi connectivity index (χ3n) is 0.250. The molecule has 0 aromatic heterocycles. The van der Waals surface area contributed by atoms with Crippen molar-refractivity contribution in [2.75, 3.05) is 7.11 Å². The van der Waals surface area contributed by atoms with E-state index >= 15 is 0 Å². The molecular formula is C2H3O4-3. The molecule has 0 aliphatic rings. The highest BCUT2D eigenvalue weighted by molar-refractivity contribution is 3.97. The van der Waals surface area contributed by atoms with E-state index < -0.39 is 6.16 Å². The molecule has 0 atom stereocenters. The van der Waals surface area contributed by atoms with Crippen LogP contribution in [-0.4, -0.2) is 13.3 Å². The first-order chi connectivity index (χ1) is 2.56. The van der Waals surface area contributed by atoms with Gasteiger partial charge in [0.15, 0.2) is 0 Å². The topological polar surface area (TPSA) is 78.4 Å². The molecule has 0 fully saturated rings. The van der Waals surface area contributed by atoms with Crippen molar-refractivity contribution in [2.45, 2.75) is 6.16 Å². The minimum absolute atomic E-state index is 0.771. The lowest BCUT2D eigenvalue weighted by atomic mass is 11.1. The van der Waals surface area contributed by atoms with Crippen LogP contribution in [0.2, 0.25) is 0 Å². The summed E-state index contributed by atoms with van der Waals surface area (Å²) in [6.45, 7) is 0. The first kappa shape index (κ1) is 5.84. The monoisotopic (exact) mass is 91.0 g/mol. The summed E-state index contributed by atoms with van der Waals surface area (Å²) in [5.41, 5.74) is 0. The molecule has 6 heavy (non-hydrogen) atoms. The molecule has 0 amide bonds. The Morgan fingerprint density at radius 3 is 1.50 bits per heavy atom. The summed E-state index contributed by atoms with van der Waals surface area (Å²) in [6.07, 6.45) is -3.71. The van der Waals surface area contributed by atoms with Gasteiger partial charge < -0.3 is 20.1 Å². The molecular weight excluding hydrogens is 88.0 g/mol. The van der Waals surface area contributed by atoms with E-state index in [4.69, 9.17) is 15.3 Å². The quantitative estimate of drug-likeness (QED) is 0.311. The molecule has 0 unspecified atom stereocenters. The molecule has 0 saturated carbocycles.